The summed E-state index contributed by atoms with van der Waals surface area (Å²) in [7, 11) is 1.69. The average molecular weight is 288 g/mol. The number of halogens is 1. The van der Waals surface area contributed by atoms with Gasteiger partial charge in [0, 0.05) is 17.6 Å². The van der Waals surface area contributed by atoms with Gasteiger partial charge in [-0.05, 0) is 53.8 Å². The number of hydrogen-bond donors (Lipinski definition) is 1. The number of methoxy groups -OCH3 is 1. The topological polar surface area (TPSA) is 21.3 Å². The third-order valence-electron chi connectivity index (χ3n) is 3.89. The maximum Gasteiger partial charge on any atom is 0.118 e. The molecular weight excluding hydrogens is 270 g/mol. The van der Waals surface area contributed by atoms with E-state index in [2.05, 4.69) is 29.6 Å². The molecule has 3 rings (SSSR count). The molecule has 2 nitrogen and oxygen atoms in total. The van der Waals surface area contributed by atoms with E-state index < -0.39 is 0 Å². The van der Waals surface area contributed by atoms with Crippen LogP contribution in [0.15, 0.2) is 42.5 Å². The van der Waals surface area contributed by atoms with Crippen LogP contribution >= 0.6 is 11.6 Å². The van der Waals surface area contributed by atoms with E-state index in [1.807, 2.05) is 18.2 Å². The van der Waals surface area contributed by atoms with Crippen LogP contribution in [-0.4, -0.2) is 7.11 Å². The fraction of sp³-hybridized carbons (Fsp3) is 0.294. The van der Waals surface area contributed by atoms with E-state index >= 15 is 0 Å². The van der Waals surface area contributed by atoms with Gasteiger partial charge in [0.2, 0.25) is 0 Å². The molecule has 0 saturated carbocycles. The summed E-state index contributed by atoms with van der Waals surface area (Å²) in [5, 5.41) is 4.46. The lowest BCUT2D eigenvalue weighted by Gasteiger charge is -2.14. The first kappa shape index (κ1) is 13.5. The summed E-state index contributed by atoms with van der Waals surface area (Å²) >= 11 is 6.04. The fourth-order valence-electron chi connectivity index (χ4n) is 2.78. The van der Waals surface area contributed by atoms with Gasteiger partial charge in [0.05, 0.1) is 7.11 Å². The summed E-state index contributed by atoms with van der Waals surface area (Å²) in [5.41, 5.74) is 4.04. The van der Waals surface area contributed by atoms with Crippen LogP contribution in [0.5, 0.6) is 5.75 Å². The minimum Gasteiger partial charge on any atom is -0.497 e. The third kappa shape index (κ3) is 2.82. The number of fused-ring (bicyclic) bond motifs is 1. The Morgan fingerprint density at radius 3 is 2.75 bits per heavy atom. The van der Waals surface area contributed by atoms with Gasteiger partial charge in [0.15, 0.2) is 0 Å². The van der Waals surface area contributed by atoms with Crippen LogP contribution in [0.3, 0.4) is 0 Å². The molecule has 2 aromatic rings. The molecule has 3 heteroatoms. The fourth-order valence-corrected chi connectivity index (χ4v) is 2.98. The molecule has 0 amide bonds. The molecule has 0 saturated heterocycles. The van der Waals surface area contributed by atoms with Crippen molar-refractivity contribution in [1.82, 2.24) is 5.32 Å². The monoisotopic (exact) mass is 287 g/mol. The first-order valence-electron chi connectivity index (χ1n) is 6.91. The Morgan fingerprint density at radius 1 is 1.20 bits per heavy atom. The van der Waals surface area contributed by atoms with Crippen LogP contribution in [0.4, 0.5) is 0 Å². The van der Waals surface area contributed by atoms with Gasteiger partial charge in [-0.1, -0.05) is 29.8 Å². The number of benzene rings is 2. The van der Waals surface area contributed by atoms with Crippen molar-refractivity contribution in [2.24, 2.45) is 0 Å². The van der Waals surface area contributed by atoms with Crippen molar-refractivity contribution in [3.8, 4) is 5.75 Å². The predicted molar refractivity (Wildman–Crippen MR) is 82.3 cm³/mol. The highest BCUT2D eigenvalue weighted by atomic mass is 35.5. The van der Waals surface area contributed by atoms with Crippen molar-refractivity contribution in [3.63, 3.8) is 0 Å². The number of rotatable bonds is 4. The van der Waals surface area contributed by atoms with Gasteiger partial charge >= 0.3 is 0 Å². The molecule has 0 bridgehead atoms. The Morgan fingerprint density at radius 2 is 2.00 bits per heavy atom. The molecule has 1 aliphatic carbocycles. The maximum atomic E-state index is 6.04. The molecule has 0 aliphatic heterocycles. The van der Waals surface area contributed by atoms with E-state index in [9.17, 15) is 0 Å². The Hall–Kier alpha value is -1.51. The minimum absolute atomic E-state index is 0.435. The lowest BCUT2D eigenvalue weighted by Crippen LogP contribution is -2.18. The van der Waals surface area contributed by atoms with Crippen LogP contribution < -0.4 is 10.1 Å². The third-order valence-corrected chi connectivity index (χ3v) is 4.13. The second-order valence-electron chi connectivity index (χ2n) is 5.16. The number of hydrogen-bond acceptors (Lipinski definition) is 2. The lowest BCUT2D eigenvalue weighted by atomic mass is 10.1. The van der Waals surface area contributed by atoms with E-state index in [4.69, 9.17) is 16.3 Å². The maximum absolute atomic E-state index is 6.04. The zero-order valence-corrected chi connectivity index (χ0v) is 12.3. The Labute approximate surface area is 124 Å². The molecule has 0 heterocycles. The molecule has 20 heavy (non-hydrogen) atoms. The van der Waals surface area contributed by atoms with E-state index in [-0.39, 0.29) is 0 Å². The minimum atomic E-state index is 0.435. The molecule has 1 aliphatic rings. The van der Waals surface area contributed by atoms with Gasteiger partial charge in [0.25, 0.3) is 0 Å². The van der Waals surface area contributed by atoms with Gasteiger partial charge in [-0.3, -0.25) is 0 Å². The highest BCUT2D eigenvalue weighted by molar-refractivity contribution is 6.30. The molecule has 0 spiro atoms. The summed E-state index contributed by atoms with van der Waals surface area (Å²) in [6, 6.07) is 14.9. The van der Waals surface area contributed by atoms with E-state index in [1.54, 1.807) is 7.11 Å². The van der Waals surface area contributed by atoms with Gasteiger partial charge in [0.1, 0.15) is 5.75 Å². The van der Waals surface area contributed by atoms with E-state index in [0.29, 0.717) is 6.04 Å². The highest BCUT2D eigenvalue weighted by Gasteiger charge is 2.21. The summed E-state index contributed by atoms with van der Waals surface area (Å²) in [6.45, 7) is 0.872. The summed E-state index contributed by atoms with van der Waals surface area (Å²) in [5.74, 6) is 0.898. The molecular formula is C17H18ClNO. The van der Waals surface area contributed by atoms with Crippen molar-refractivity contribution >= 4 is 11.6 Å². The van der Waals surface area contributed by atoms with Crippen molar-refractivity contribution in [2.45, 2.75) is 25.4 Å². The first-order valence-corrected chi connectivity index (χ1v) is 7.28. The quantitative estimate of drug-likeness (QED) is 0.913. The molecule has 0 fully saturated rings. The van der Waals surface area contributed by atoms with Gasteiger partial charge in [-0.2, -0.15) is 0 Å². The largest absolute Gasteiger partial charge is 0.497 e. The second kappa shape index (κ2) is 5.86. The van der Waals surface area contributed by atoms with E-state index in [0.717, 1.165) is 30.2 Å². The molecule has 1 unspecified atom stereocenters. The van der Waals surface area contributed by atoms with Gasteiger partial charge in [-0.15, -0.1) is 0 Å². The standard InChI is InChI=1S/C17H18ClNO/c1-20-15-6-2-12(3-7-15)11-19-17-9-4-13-10-14(18)5-8-16(13)17/h2-3,5-8,10,17,19H,4,9,11H2,1H3. The normalized spacial score (nSPS) is 17.0. The lowest BCUT2D eigenvalue weighted by molar-refractivity contribution is 0.414. The van der Waals surface area contributed by atoms with Gasteiger partial charge in [-0.25, -0.2) is 0 Å². The summed E-state index contributed by atoms with van der Waals surface area (Å²) < 4.78 is 5.17. The summed E-state index contributed by atoms with van der Waals surface area (Å²) in [6.07, 6.45) is 2.25. The number of ether oxygens (including phenoxy) is 1. The highest BCUT2D eigenvalue weighted by Crippen LogP contribution is 2.33. The molecule has 0 aromatic heterocycles. The van der Waals surface area contributed by atoms with Crippen LogP contribution in [0, 0.1) is 0 Å². The van der Waals surface area contributed by atoms with Gasteiger partial charge < -0.3 is 10.1 Å². The first-order chi connectivity index (χ1) is 9.76. The predicted octanol–water partition coefficient (Wildman–Crippen LogP) is 4.13. The van der Waals surface area contributed by atoms with Crippen LogP contribution in [0.25, 0.3) is 0 Å². The van der Waals surface area contributed by atoms with Crippen LogP contribution in [0.1, 0.15) is 29.2 Å². The number of aryl methyl sites for hydroxylation is 1. The number of nitrogens with one attached hydrogen (secondary N) is 1. The van der Waals surface area contributed by atoms with Crippen molar-refractivity contribution < 1.29 is 4.74 Å². The van der Waals surface area contributed by atoms with Crippen LogP contribution in [0.2, 0.25) is 5.02 Å². The summed E-state index contributed by atoms with van der Waals surface area (Å²) in [4.78, 5) is 0. The molecule has 2 aromatic carbocycles. The van der Waals surface area contributed by atoms with Crippen molar-refractivity contribution in [2.75, 3.05) is 7.11 Å². The SMILES string of the molecule is COc1ccc(CNC2CCc3cc(Cl)ccc32)cc1. The Balaban J connectivity index is 1.65. The second-order valence-corrected chi connectivity index (χ2v) is 5.60. The van der Waals surface area contributed by atoms with Crippen molar-refractivity contribution in [1.29, 1.82) is 0 Å². The smallest absolute Gasteiger partial charge is 0.118 e. The molecule has 0 radical (unpaired) electrons. The molecule has 104 valence electrons. The van der Waals surface area contributed by atoms with Crippen molar-refractivity contribution in [3.05, 3.63) is 64.2 Å². The van der Waals surface area contributed by atoms with Crippen LogP contribution in [-0.2, 0) is 13.0 Å². The average Bonchev–Trinajstić information content (AvgIpc) is 2.88. The zero-order valence-electron chi connectivity index (χ0n) is 11.5. The Kier molecular flexibility index (Phi) is 3.95. The molecule has 1 atom stereocenters. The zero-order chi connectivity index (χ0) is 13.9. The molecule has 1 N–H and O–H groups in total. The Bertz CT molecular complexity index is 594. The van der Waals surface area contributed by atoms with E-state index in [1.165, 1.54) is 16.7 Å².